The first kappa shape index (κ1) is 8.96. The molecule has 1 amide bonds. The van der Waals surface area contributed by atoms with Gasteiger partial charge in [-0.05, 0) is 30.4 Å². The summed E-state index contributed by atoms with van der Waals surface area (Å²) in [5.41, 5.74) is 2.78. The zero-order chi connectivity index (χ0) is 10.3. The first-order valence-corrected chi connectivity index (χ1v) is 5.71. The molecule has 1 fully saturated rings. The van der Waals surface area contributed by atoms with Gasteiger partial charge < -0.3 is 4.90 Å². The molecule has 0 N–H and O–H groups in total. The highest BCUT2D eigenvalue weighted by Gasteiger charge is 2.31. The van der Waals surface area contributed by atoms with Gasteiger partial charge in [0.15, 0.2) is 0 Å². The Balaban J connectivity index is 1.95. The molecule has 0 bridgehead atoms. The maximum absolute atomic E-state index is 11.8. The molecule has 2 heteroatoms. The fraction of sp³-hybridized carbons (Fsp3) is 0.462. The van der Waals surface area contributed by atoms with E-state index in [0.29, 0.717) is 11.9 Å². The third-order valence-electron chi connectivity index (χ3n) is 3.60. The van der Waals surface area contributed by atoms with Gasteiger partial charge in [0.05, 0.1) is 0 Å². The van der Waals surface area contributed by atoms with Gasteiger partial charge in [0, 0.05) is 19.0 Å². The number of nitrogens with zero attached hydrogens (tertiary/aromatic N) is 1. The van der Waals surface area contributed by atoms with Crippen LogP contribution in [-0.2, 0) is 17.8 Å². The van der Waals surface area contributed by atoms with Crippen molar-refractivity contribution in [2.24, 2.45) is 0 Å². The summed E-state index contributed by atoms with van der Waals surface area (Å²) in [5, 5.41) is 0. The zero-order valence-electron chi connectivity index (χ0n) is 8.78. The summed E-state index contributed by atoms with van der Waals surface area (Å²) < 4.78 is 0. The Kier molecular flexibility index (Phi) is 2.01. The smallest absolute Gasteiger partial charge is 0.223 e. The minimum absolute atomic E-state index is 0.348. The summed E-state index contributed by atoms with van der Waals surface area (Å²) in [6.07, 6.45) is 4.06. The summed E-state index contributed by atoms with van der Waals surface area (Å²) in [7, 11) is 0. The molecule has 2 aliphatic heterocycles. The van der Waals surface area contributed by atoms with Crippen LogP contribution >= 0.6 is 0 Å². The van der Waals surface area contributed by atoms with Crippen LogP contribution in [0, 0.1) is 0 Å². The van der Waals surface area contributed by atoms with E-state index >= 15 is 0 Å². The van der Waals surface area contributed by atoms with Crippen molar-refractivity contribution < 1.29 is 4.79 Å². The first-order valence-electron chi connectivity index (χ1n) is 5.71. The SMILES string of the molecule is O=C1CCC[C@H]2Cc3ccccc3CN12. The molecule has 1 saturated heterocycles. The lowest BCUT2D eigenvalue weighted by Crippen LogP contribution is -2.46. The summed E-state index contributed by atoms with van der Waals surface area (Å²) in [4.78, 5) is 13.8. The molecule has 2 aliphatic rings. The van der Waals surface area contributed by atoms with E-state index in [4.69, 9.17) is 0 Å². The summed E-state index contributed by atoms with van der Waals surface area (Å²) in [6, 6.07) is 8.98. The van der Waals surface area contributed by atoms with E-state index in [2.05, 4.69) is 29.2 Å². The van der Waals surface area contributed by atoms with Crippen molar-refractivity contribution >= 4 is 5.91 Å². The normalized spacial score (nSPS) is 24.7. The predicted octanol–water partition coefficient (Wildman–Crippen LogP) is 2.12. The number of rotatable bonds is 0. The second-order valence-corrected chi connectivity index (χ2v) is 4.54. The number of fused-ring (bicyclic) bond motifs is 2. The second kappa shape index (κ2) is 3.37. The Bertz CT molecular complexity index is 399. The topological polar surface area (TPSA) is 20.3 Å². The van der Waals surface area contributed by atoms with E-state index in [1.54, 1.807) is 0 Å². The van der Waals surface area contributed by atoms with Crippen LogP contribution in [0.25, 0.3) is 0 Å². The van der Waals surface area contributed by atoms with Crippen LogP contribution in [0.2, 0.25) is 0 Å². The van der Waals surface area contributed by atoms with E-state index in [-0.39, 0.29) is 0 Å². The Morgan fingerprint density at radius 3 is 2.87 bits per heavy atom. The Morgan fingerprint density at radius 2 is 2.00 bits per heavy atom. The van der Waals surface area contributed by atoms with Crippen LogP contribution in [0.15, 0.2) is 24.3 Å². The predicted molar refractivity (Wildman–Crippen MR) is 58.3 cm³/mol. The van der Waals surface area contributed by atoms with Gasteiger partial charge in [-0.2, -0.15) is 0 Å². The van der Waals surface area contributed by atoms with Crippen molar-refractivity contribution in [3.63, 3.8) is 0 Å². The van der Waals surface area contributed by atoms with E-state index < -0.39 is 0 Å². The van der Waals surface area contributed by atoms with E-state index in [0.717, 1.165) is 25.8 Å². The molecule has 15 heavy (non-hydrogen) atoms. The standard InChI is InChI=1S/C13H15NO/c15-13-7-3-6-12-8-10-4-1-2-5-11(10)9-14(12)13/h1-2,4-5,12H,3,6-9H2/t12-/m0/s1. The molecule has 0 aliphatic carbocycles. The molecular weight excluding hydrogens is 186 g/mol. The lowest BCUT2D eigenvalue weighted by Gasteiger charge is -2.40. The maximum Gasteiger partial charge on any atom is 0.223 e. The van der Waals surface area contributed by atoms with Crippen LogP contribution in [0.3, 0.4) is 0 Å². The number of hydrogen-bond acceptors (Lipinski definition) is 1. The van der Waals surface area contributed by atoms with Crippen molar-refractivity contribution in [3.05, 3.63) is 35.4 Å². The van der Waals surface area contributed by atoms with Gasteiger partial charge in [0.1, 0.15) is 0 Å². The number of piperidine rings is 1. The highest BCUT2D eigenvalue weighted by atomic mass is 16.2. The molecule has 78 valence electrons. The molecule has 1 aromatic rings. The fourth-order valence-electron chi connectivity index (χ4n) is 2.77. The number of carbonyl (C=O) groups excluding carboxylic acids is 1. The number of benzene rings is 1. The summed E-state index contributed by atoms with van der Waals surface area (Å²) >= 11 is 0. The Morgan fingerprint density at radius 1 is 1.20 bits per heavy atom. The first-order chi connectivity index (χ1) is 7.34. The second-order valence-electron chi connectivity index (χ2n) is 4.54. The van der Waals surface area contributed by atoms with Gasteiger partial charge in [-0.15, -0.1) is 0 Å². The third kappa shape index (κ3) is 1.44. The van der Waals surface area contributed by atoms with Crippen LogP contribution in [0.5, 0.6) is 0 Å². The van der Waals surface area contributed by atoms with Gasteiger partial charge in [-0.25, -0.2) is 0 Å². The lowest BCUT2D eigenvalue weighted by molar-refractivity contribution is -0.137. The monoisotopic (exact) mass is 201 g/mol. The van der Waals surface area contributed by atoms with Crippen LogP contribution < -0.4 is 0 Å². The highest BCUT2D eigenvalue weighted by molar-refractivity contribution is 5.77. The fourth-order valence-corrected chi connectivity index (χ4v) is 2.77. The molecule has 0 spiro atoms. The molecular formula is C13H15NO. The molecule has 0 radical (unpaired) electrons. The summed E-state index contributed by atoms with van der Waals surface area (Å²) in [5.74, 6) is 0.348. The summed E-state index contributed by atoms with van der Waals surface area (Å²) in [6.45, 7) is 0.833. The minimum Gasteiger partial charge on any atom is -0.335 e. The van der Waals surface area contributed by atoms with Gasteiger partial charge in [0.25, 0.3) is 0 Å². The van der Waals surface area contributed by atoms with Crippen molar-refractivity contribution in [2.45, 2.75) is 38.3 Å². The maximum atomic E-state index is 11.8. The quantitative estimate of drug-likeness (QED) is 0.629. The minimum atomic E-state index is 0.348. The molecule has 2 nitrogen and oxygen atoms in total. The van der Waals surface area contributed by atoms with Gasteiger partial charge >= 0.3 is 0 Å². The Labute approximate surface area is 89.9 Å². The molecule has 1 atom stereocenters. The molecule has 0 aromatic heterocycles. The average Bonchev–Trinajstić information content (AvgIpc) is 2.27. The molecule has 3 rings (SSSR count). The van der Waals surface area contributed by atoms with Crippen molar-refractivity contribution in [1.29, 1.82) is 0 Å². The average molecular weight is 201 g/mol. The zero-order valence-corrected chi connectivity index (χ0v) is 8.78. The number of carbonyl (C=O) groups is 1. The molecule has 0 unspecified atom stereocenters. The molecule has 0 saturated carbocycles. The number of amides is 1. The van der Waals surface area contributed by atoms with Gasteiger partial charge in [-0.1, -0.05) is 24.3 Å². The Hall–Kier alpha value is -1.31. The van der Waals surface area contributed by atoms with Crippen LogP contribution in [0.4, 0.5) is 0 Å². The van der Waals surface area contributed by atoms with E-state index in [9.17, 15) is 4.79 Å². The van der Waals surface area contributed by atoms with Crippen molar-refractivity contribution in [3.8, 4) is 0 Å². The van der Waals surface area contributed by atoms with Crippen LogP contribution in [-0.4, -0.2) is 16.8 Å². The van der Waals surface area contributed by atoms with Crippen LogP contribution in [0.1, 0.15) is 30.4 Å². The van der Waals surface area contributed by atoms with E-state index in [1.807, 2.05) is 0 Å². The largest absolute Gasteiger partial charge is 0.335 e. The number of hydrogen-bond donors (Lipinski definition) is 0. The van der Waals surface area contributed by atoms with E-state index in [1.165, 1.54) is 17.5 Å². The third-order valence-corrected chi connectivity index (χ3v) is 3.60. The highest BCUT2D eigenvalue weighted by Crippen LogP contribution is 2.29. The van der Waals surface area contributed by atoms with Gasteiger partial charge in [0.2, 0.25) is 5.91 Å². The molecule has 2 heterocycles. The van der Waals surface area contributed by atoms with Crippen molar-refractivity contribution in [1.82, 2.24) is 4.90 Å². The molecule has 1 aromatic carbocycles. The lowest BCUT2D eigenvalue weighted by atomic mass is 9.88. The van der Waals surface area contributed by atoms with Crippen molar-refractivity contribution in [2.75, 3.05) is 0 Å². The van der Waals surface area contributed by atoms with Gasteiger partial charge in [-0.3, -0.25) is 4.79 Å².